The Morgan fingerprint density at radius 1 is 1.67 bits per heavy atom. The molecular formula is C7H6Cl2OS2. The Morgan fingerprint density at radius 3 is 2.75 bits per heavy atom. The lowest BCUT2D eigenvalue weighted by Crippen LogP contribution is -2.00. The molecule has 0 amide bonds. The van der Waals surface area contributed by atoms with Gasteiger partial charge in [-0.25, -0.2) is 0 Å². The molecule has 1 heterocycles. The van der Waals surface area contributed by atoms with Crippen LogP contribution in [-0.4, -0.2) is 17.8 Å². The van der Waals surface area contributed by atoms with Crippen LogP contribution in [0.25, 0.3) is 0 Å². The molecule has 1 nitrogen and oxygen atoms in total. The minimum atomic E-state index is 0.0376. The molecule has 5 heteroatoms. The van der Waals surface area contributed by atoms with E-state index in [1.807, 2.05) is 6.26 Å². The molecule has 0 unspecified atom stereocenters. The molecule has 0 atom stereocenters. The summed E-state index contributed by atoms with van der Waals surface area (Å²) >= 11 is 14.2. The van der Waals surface area contributed by atoms with Gasteiger partial charge in [-0.15, -0.1) is 11.3 Å². The van der Waals surface area contributed by atoms with Crippen LogP contribution in [0.3, 0.4) is 0 Å². The molecule has 0 aliphatic carbocycles. The summed E-state index contributed by atoms with van der Waals surface area (Å²) in [5.41, 5.74) is 0.543. The van der Waals surface area contributed by atoms with Gasteiger partial charge >= 0.3 is 0 Å². The van der Waals surface area contributed by atoms with E-state index in [2.05, 4.69) is 0 Å². The van der Waals surface area contributed by atoms with Crippen LogP contribution in [0, 0.1) is 0 Å². The van der Waals surface area contributed by atoms with Crippen LogP contribution in [-0.2, 0) is 0 Å². The minimum absolute atomic E-state index is 0.0376. The van der Waals surface area contributed by atoms with E-state index in [1.54, 1.807) is 6.07 Å². The van der Waals surface area contributed by atoms with Crippen LogP contribution in [0.1, 0.15) is 10.4 Å². The molecule has 0 aliphatic rings. The van der Waals surface area contributed by atoms with Crippen molar-refractivity contribution in [3.8, 4) is 0 Å². The number of Topliss-reactive ketones (excluding diaryl/α,β-unsaturated/α-hetero) is 1. The summed E-state index contributed by atoms with van der Waals surface area (Å²) in [7, 11) is 0. The summed E-state index contributed by atoms with van der Waals surface area (Å²) in [6.45, 7) is 0. The van der Waals surface area contributed by atoms with Gasteiger partial charge in [0.2, 0.25) is 0 Å². The Kier molecular flexibility index (Phi) is 3.90. The highest BCUT2D eigenvalue weighted by Gasteiger charge is 2.12. The second-order valence-electron chi connectivity index (χ2n) is 2.09. The topological polar surface area (TPSA) is 17.1 Å². The Labute approximate surface area is 89.1 Å². The fourth-order valence-corrected chi connectivity index (χ4v) is 2.66. The number of hydrogen-bond donors (Lipinski definition) is 0. The number of thioether (sulfide) groups is 1. The van der Waals surface area contributed by atoms with Crippen molar-refractivity contribution in [2.24, 2.45) is 0 Å². The van der Waals surface area contributed by atoms with Gasteiger partial charge in [-0.3, -0.25) is 4.79 Å². The van der Waals surface area contributed by atoms with E-state index in [4.69, 9.17) is 23.2 Å². The number of carbonyl (C=O) groups excluding carboxylic acids is 1. The molecule has 66 valence electrons. The maximum Gasteiger partial charge on any atom is 0.175 e. The van der Waals surface area contributed by atoms with Crippen molar-refractivity contribution in [3.63, 3.8) is 0 Å². The van der Waals surface area contributed by atoms with Gasteiger partial charge in [0, 0.05) is 5.56 Å². The van der Waals surface area contributed by atoms with Crippen LogP contribution in [0.5, 0.6) is 0 Å². The molecule has 1 aromatic rings. The second-order valence-corrected chi connectivity index (χ2v) is 5.25. The molecule has 1 rings (SSSR count). The predicted molar refractivity (Wildman–Crippen MR) is 57.1 cm³/mol. The van der Waals surface area contributed by atoms with Gasteiger partial charge < -0.3 is 0 Å². The van der Waals surface area contributed by atoms with Crippen molar-refractivity contribution < 1.29 is 4.79 Å². The summed E-state index contributed by atoms with van der Waals surface area (Å²) in [5.74, 6) is 0.489. The third-order valence-corrected chi connectivity index (χ3v) is 3.27. The lowest BCUT2D eigenvalue weighted by atomic mass is 10.2. The molecule has 0 bridgehead atoms. The average Bonchev–Trinajstić information content (AvgIpc) is 2.30. The molecule has 1 aromatic heterocycles. The highest BCUT2D eigenvalue weighted by Crippen LogP contribution is 2.31. The van der Waals surface area contributed by atoms with E-state index in [-0.39, 0.29) is 5.78 Å². The van der Waals surface area contributed by atoms with Crippen LogP contribution < -0.4 is 0 Å². The number of ketones is 1. The van der Waals surface area contributed by atoms with Gasteiger partial charge in [0.15, 0.2) is 5.78 Å². The minimum Gasteiger partial charge on any atom is -0.293 e. The van der Waals surface area contributed by atoms with Gasteiger partial charge in [0.05, 0.1) is 10.1 Å². The number of carbonyl (C=O) groups is 1. The third kappa shape index (κ3) is 2.39. The van der Waals surface area contributed by atoms with Crippen LogP contribution in [0.2, 0.25) is 8.67 Å². The number of thiophene rings is 1. The quantitative estimate of drug-likeness (QED) is 0.752. The Hall–Kier alpha value is 0.300. The second kappa shape index (κ2) is 4.51. The zero-order valence-corrected chi connectivity index (χ0v) is 9.41. The van der Waals surface area contributed by atoms with Crippen molar-refractivity contribution in [3.05, 3.63) is 20.3 Å². The van der Waals surface area contributed by atoms with Gasteiger partial charge in [0.25, 0.3) is 0 Å². The van der Waals surface area contributed by atoms with E-state index in [9.17, 15) is 4.79 Å². The van der Waals surface area contributed by atoms with Gasteiger partial charge in [-0.1, -0.05) is 23.2 Å². The first-order valence-electron chi connectivity index (χ1n) is 3.12. The zero-order valence-electron chi connectivity index (χ0n) is 6.27. The number of halogens is 2. The van der Waals surface area contributed by atoms with Crippen molar-refractivity contribution in [2.75, 3.05) is 12.0 Å². The molecule has 0 spiro atoms. The molecule has 0 radical (unpaired) electrons. The van der Waals surface area contributed by atoms with E-state index in [1.165, 1.54) is 23.1 Å². The maximum absolute atomic E-state index is 11.3. The molecule has 0 aliphatic heterocycles. The Balaban J connectivity index is 2.87. The molecule has 0 N–H and O–H groups in total. The summed E-state index contributed by atoms with van der Waals surface area (Å²) in [6.07, 6.45) is 1.87. The van der Waals surface area contributed by atoms with Gasteiger partial charge in [-0.2, -0.15) is 11.8 Å². The summed E-state index contributed by atoms with van der Waals surface area (Å²) in [5, 5.41) is 0. The Morgan fingerprint density at radius 2 is 2.33 bits per heavy atom. The molecule has 0 saturated heterocycles. The highest BCUT2D eigenvalue weighted by atomic mass is 35.5. The summed E-state index contributed by atoms with van der Waals surface area (Å²) in [4.78, 5) is 11.3. The summed E-state index contributed by atoms with van der Waals surface area (Å²) in [6, 6.07) is 1.62. The van der Waals surface area contributed by atoms with Crippen molar-refractivity contribution >= 4 is 52.1 Å². The van der Waals surface area contributed by atoms with Gasteiger partial charge in [-0.05, 0) is 12.3 Å². The number of hydrogen-bond acceptors (Lipinski definition) is 3. The van der Waals surface area contributed by atoms with E-state index >= 15 is 0 Å². The van der Waals surface area contributed by atoms with Crippen LogP contribution in [0.15, 0.2) is 6.07 Å². The standard InChI is InChI=1S/C7H6Cl2OS2/c1-11-3-5(10)4-2-6(8)12-7(4)9/h2H,3H2,1H3. The third-order valence-electron chi connectivity index (χ3n) is 1.23. The Bertz CT molecular complexity index is 296. The first-order chi connectivity index (χ1) is 5.65. The normalized spacial score (nSPS) is 10.2. The fraction of sp³-hybridized carbons (Fsp3) is 0.286. The first-order valence-corrected chi connectivity index (χ1v) is 6.08. The molecule has 12 heavy (non-hydrogen) atoms. The SMILES string of the molecule is CSCC(=O)c1cc(Cl)sc1Cl. The maximum atomic E-state index is 11.3. The number of rotatable bonds is 3. The van der Waals surface area contributed by atoms with E-state index in [0.717, 1.165) is 0 Å². The van der Waals surface area contributed by atoms with Gasteiger partial charge in [0.1, 0.15) is 4.34 Å². The fourth-order valence-electron chi connectivity index (χ4n) is 0.739. The first kappa shape index (κ1) is 10.4. The monoisotopic (exact) mass is 240 g/mol. The highest BCUT2D eigenvalue weighted by molar-refractivity contribution is 7.99. The molecular weight excluding hydrogens is 235 g/mol. The van der Waals surface area contributed by atoms with Crippen LogP contribution >= 0.6 is 46.3 Å². The van der Waals surface area contributed by atoms with Crippen molar-refractivity contribution in [2.45, 2.75) is 0 Å². The zero-order chi connectivity index (χ0) is 9.14. The average molecular weight is 241 g/mol. The lowest BCUT2D eigenvalue weighted by Gasteiger charge is -1.93. The van der Waals surface area contributed by atoms with Crippen molar-refractivity contribution in [1.29, 1.82) is 0 Å². The predicted octanol–water partition coefficient (Wildman–Crippen LogP) is 3.60. The van der Waals surface area contributed by atoms with E-state index < -0.39 is 0 Å². The lowest BCUT2D eigenvalue weighted by molar-refractivity contribution is 0.102. The summed E-state index contributed by atoms with van der Waals surface area (Å²) < 4.78 is 1.04. The van der Waals surface area contributed by atoms with Crippen molar-refractivity contribution in [1.82, 2.24) is 0 Å². The smallest absolute Gasteiger partial charge is 0.175 e. The molecule has 0 saturated carbocycles. The van der Waals surface area contributed by atoms with E-state index in [0.29, 0.717) is 20.0 Å². The molecule has 0 aromatic carbocycles. The largest absolute Gasteiger partial charge is 0.293 e. The molecule has 0 fully saturated rings. The van der Waals surface area contributed by atoms with Crippen LogP contribution in [0.4, 0.5) is 0 Å².